The first kappa shape index (κ1) is 8.48. The van der Waals surface area contributed by atoms with Gasteiger partial charge in [0.05, 0.1) is 0 Å². The lowest BCUT2D eigenvalue weighted by molar-refractivity contribution is 0.101. The standard InChI is InChI=1S/C10H14N2O/c1-7(13)9-6-10(12(2)11-9)8-4-3-5-8/h6,8H,3-5H2,1-2H3. The first-order valence-corrected chi connectivity index (χ1v) is 4.73. The van der Waals surface area contributed by atoms with Crippen molar-refractivity contribution in [1.82, 2.24) is 9.78 Å². The van der Waals surface area contributed by atoms with Gasteiger partial charge >= 0.3 is 0 Å². The quantitative estimate of drug-likeness (QED) is 0.648. The van der Waals surface area contributed by atoms with E-state index in [4.69, 9.17) is 0 Å². The number of Topliss-reactive ketones (excluding diaryl/α,β-unsaturated/α-hetero) is 1. The molecule has 0 unspecified atom stereocenters. The molecule has 0 atom stereocenters. The fourth-order valence-electron chi connectivity index (χ4n) is 1.74. The predicted molar refractivity (Wildman–Crippen MR) is 49.8 cm³/mol. The van der Waals surface area contributed by atoms with E-state index in [2.05, 4.69) is 5.10 Å². The predicted octanol–water partition coefficient (Wildman–Crippen LogP) is 1.89. The Morgan fingerprint density at radius 2 is 2.31 bits per heavy atom. The highest BCUT2D eigenvalue weighted by atomic mass is 16.1. The van der Waals surface area contributed by atoms with Gasteiger partial charge in [0, 0.05) is 25.6 Å². The summed E-state index contributed by atoms with van der Waals surface area (Å²) in [6.07, 6.45) is 3.80. The molecule has 3 nitrogen and oxygen atoms in total. The maximum atomic E-state index is 11.1. The number of nitrogens with zero attached hydrogens (tertiary/aromatic N) is 2. The Labute approximate surface area is 77.7 Å². The zero-order valence-corrected chi connectivity index (χ0v) is 8.08. The lowest BCUT2D eigenvalue weighted by atomic mass is 9.83. The molecule has 0 bridgehead atoms. The zero-order valence-electron chi connectivity index (χ0n) is 8.08. The normalized spacial score (nSPS) is 17.1. The summed E-state index contributed by atoms with van der Waals surface area (Å²) in [4.78, 5) is 11.1. The largest absolute Gasteiger partial charge is 0.293 e. The highest BCUT2D eigenvalue weighted by Gasteiger charge is 2.23. The van der Waals surface area contributed by atoms with Crippen LogP contribution in [-0.4, -0.2) is 15.6 Å². The van der Waals surface area contributed by atoms with Gasteiger partial charge in [0.1, 0.15) is 5.69 Å². The van der Waals surface area contributed by atoms with E-state index >= 15 is 0 Å². The summed E-state index contributed by atoms with van der Waals surface area (Å²) in [6.45, 7) is 1.56. The third-order valence-corrected chi connectivity index (χ3v) is 2.80. The second-order valence-electron chi connectivity index (χ2n) is 3.76. The molecule has 0 spiro atoms. The lowest BCUT2D eigenvalue weighted by Crippen LogP contribution is -2.12. The maximum absolute atomic E-state index is 11.1. The highest BCUT2D eigenvalue weighted by molar-refractivity contribution is 5.92. The van der Waals surface area contributed by atoms with Gasteiger partial charge in [0.15, 0.2) is 5.78 Å². The second kappa shape index (κ2) is 2.98. The number of carbonyl (C=O) groups excluding carboxylic acids is 1. The van der Waals surface area contributed by atoms with Crippen molar-refractivity contribution in [2.75, 3.05) is 0 Å². The molecule has 1 aliphatic carbocycles. The SMILES string of the molecule is CC(=O)c1cc(C2CCC2)n(C)n1. The van der Waals surface area contributed by atoms with E-state index in [0.717, 1.165) is 0 Å². The Morgan fingerprint density at radius 3 is 2.69 bits per heavy atom. The fraction of sp³-hybridized carbons (Fsp3) is 0.600. The second-order valence-corrected chi connectivity index (χ2v) is 3.76. The Morgan fingerprint density at radius 1 is 1.62 bits per heavy atom. The van der Waals surface area contributed by atoms with Gasteiger partial charge in [-0.2, -0.15) is 5.10 Å². The van der Waals surface area contributed by atoms with Crippen molar-refractivity contribution in [3.8, 4) is 0 Å². The molecule has 1 fully saturated rings. The van der Waals surface area contributed by atoms with E-state index in [-0.39, 0.29) is 5.78 Å². The Hall–Kier alpha value is -1.12. The van der Waals surface area contributed by atoms with Gasteiger partial charge in [-0.15, -0.1) is 0 Å². The van der Waals surface area contributed by atoms with E-state index in [1.165, 1.54) is 25.0 Å². The molecule has 0 saturated heterocycles. The molecule has 1 heterocycles. The van der Waals surface area contributed by atoms with Crippen LogP contribution in [0.4, 0.5) is 0 Å². The average molecular weight is 178 g/mol. The summed E-state index contributed by atoms with van der Waals surface area (Å²) < 4.78 is 1.85. The number of hydrogen-bond acceptors (Lipinski definition) is 2. The summed E-state index contributed by atoms with van der Waals surface area (Å²) in [5, 5.41) is 4.18. The molecule has 1 saturated carbocycles. The monoisotopic (exact) mass is 178 g/mol. The van der Waals surface area contributed by atoms with Crippen LogP contribution >= 0.6 is 0 Å². The van der Waals surface area contributed by atoms with Crippen LogP contribution in [-0.2, 0) is 7.05 Å². The molecule has 13 heavy (non-hydrogen) atoms. The summed E-state index contributed by atoms with van der Waals surface area (Å²) in [5.41, 5.74) is 1.82. The van der Waals surface area contributed by atoms with Crippen LogP contribution in [0.2, 0.25) is 0 Å². The summed E-state index contributed by atoms with van der Waals surface area (Å²) in [7, 11) is 1.92. The van der Waals surface area contributed by atoms with Crippen molar-refractivity contribution in [3.05, 3.63) is 17.5 Å². The number of rotatable bonds is 2. The number of aryl methyl sites for hydroxylation is 1. The molecule has 1 aromatic rings. The molecule has 0 aromatic carbocycles. The Balaban J connectivity index is 2.29. The van der Waals surface area contributed by atoms with Crippen LogP contribution in [0.25, 0.3) is 0 Å². The van der Waals surface area contributed by atoms with Crippen LogP contribution in [0.15, 0.2) is 6.07 Å². The molecule has 1 aliphatic rings. The molecule has 2 rings (SSSR count). The third kappa shape index (κ3) is 1.39. The van der Waals surface area contributed by atoms with E-state index < -0.39 is 0 Å². The van der Waals surface area contributed by atoms with Crippen LogP contribution in [0, 0.1) is 0 Å². The molecular formula is C10H14N2O. The lowest BCUT2D eigenvalue weighted by Gasteiger charge is -2.25. The minimum Gasteiger partial charge on any atom is -0.293 e. The smallest absolute Gasteiger partial charge is 0.179 e. The minimum atomic E-state index is 0.0566. The Bertz CT molecular complexity index is 337. The number of ketones is 1. The Kier molecular flexibility index (Phi) is 1.94. The molecule has 0 radical (unpaired) electrons. The van der Waals surface area contributed by atoms with Crippen molar-refractivity contribution in [2.45, 2.75) is 32.1 Å². The van der Waals surface area contributed by atoms with Gasteiger partial charge in [0.25, 0.3) is 0 Å². The van der Waals surface area contributed by atoms with Crippen molar-refractivity contribution in [3.63, 3.8) is 0 Å². The van der Waals surface area contributed by atoms with Gasteiger partial charge in [-0.25, -0.2) is 0 Å². The van der Waals surface area contributed by atoms with Crippen LogP contribution in [0.5, 0.6) is 0 Å². The first-order valence-electron chi connectivity index (χ1n) is 4.73. The van der Waals surface area contributed by atoms with Gasteiger partial charge in [-0.1, -0.05) is 6.42 Å². The number of hydrogen-bond donors (Lipinski definition) is 0. The van der Waals surface area contributed by atoms with Crippen molar-refractivity contribution >= 4 is 5.78 Å². The summed E-state index contributed by atoms with van der Waals surface area (Å²) >= 11 is 0. The fourth-order valence-corrected chi connectivity index (χ4v) is 1.74. The van der Waals surface area contributed by atoms with Gasteiger partial charge in [-0.3, -0.25) is 9.48 Å². The molecule has 0 amide bonds. The maximum Gasteiger partial charge on any atom is 0.179 e. The van der Waals surface area contributed by atoms with Crippen LogP contribution in [0.1, 0.15) is 48.3 Å². The number of carbonyl (C=O) groups is 1. The van der Waals surface area contributed by atoms with Crippen LogP contribution < -0.4 is 0 Å². The average Bonchev–Trinajstić information content (AvgIpc) is 2.29. The van der Waals surface area contributed by atoms with Gasteiger partial charge in [0.2, 0.25) is 0 Å². The summed E-state index contributed by atoms with van der Waals surface area (Å²) in [6, 6.07) is 1.94. The zero-order chi connectivity index (χ0) is 9.42. The highest BCUT2D eigenvalue weighted by Crippen LogP contribution is 2.36. The van der Waals surface area contributed by atoms with Gasteiger partial charge in [-0.05, 0) is 18.9 Å². The van der Waals surface area contributed by atoms with Gasteiger partial charge < -0.3 is 0 Å². The van der Waals surface area contributed by atoms with Crippen molar-refractivity contribution in [1.29, 1.82) is 0 Å². The molecule has 0 N–H and O–H groups in total. The third-order valence-electron chi connectivity index (χ3n) is 2.80. The molecule has 0 aliphatic heterocycles. The van der Waals surface area contributed by atoms with E-state index in [1.807, 2.05) is 17.8 Å². The first-order chi connectivity index (χ1) is 6.18. The van der Waals surface area contributed by atoms with Crippen LogP contribution in [0.3, 0.4) is 0 Å². The molecular weight excluding hydrogens is 164 g/mol. The topological polar surface area (TPSA) is 34.9 Å². The molecule has 3 heteroatoms. The van der Waals surface area contributed by atoms with Crippen molar-refractivity contribution < 1.29 is 4.79 Å². The minimum absolute atomic E-state index is 0.0566. The molecule has 70 valence electrons. The van der Waals surface area contributed by atoms with E-state index in [9.17, 15) is 4.79 Å². The van der Waals surface area contributed by atoms with E-state index in [1.54, 1.807) is 6.92 Å². The van der Waals surface area contributed by atoms with E-state index in [0.29, 0.717) is 11.6 Å². The van der Waals surface area contributed by atoms with Crippen molar-refractivity contribution in [2.24, 2.45) is 7.05 Å². The summed E-state index contributed by atoms with van der Waals surface area (Å²) in [5.74, 6) is 0.701. The molecule has 1 aromatic heterocycles. The number of aromatic nitrogens is 2.